The summed E-state index contributed by atoms with van der Waals surface area (Å²) in [6, 6.07) is 11.5. The first-order chi connectivity index (χ1) is 14.1. The zero-order chi connectivity index (χ0) is 20.6. The predicted molar refractivity (Wildman–Crippen MR) is 109 cm³/mol. The number of hydrazone groups is 1. The molecule has 1 N–H and O–H groups in total. The number of hydrogen-bond donors (Lipinski definition) is 1. The number of hydrogen-bond acceptors (Lipinski definition) is 7. The average molecular weight is 398 g/mol. The van der Waals surface area contributed by atoms with E-state index in [9.17, 15) is 14.9 Å². The van der Waals surface area contributed by atoms with Crippen LogP contribution in [0.5, 0.6) is 5.75 Å². The van der Waals surface area contributed by atoms with Gasteiger partial charge in [0.15, 0.2) is 0 Å². The van der Waals surface area contributed by atoms with Gasteiger partial charge in [-0.2, -0.15) is 5.10 Å². The molecule has 0 aromatic heterocycles. The first-order valence-electron chi connectivity index (χ1n) is 9.26. The Hall–Kier alpha value is -3.46. The smallest absolute Gasteiger partial charge is 0.293 e. The van der Waals surface area contributed by atoms with Crippen molar-refractivity contribution in [2.75, 3.05) is 37.8 Å². The Morgan fingerprint density at radius 1 is 1.28 bits per heavy atom. The molecular formula is C20H22N4O5. The van der Waals surface area contributed by atoms with Crippen molar-refractivity contribution >= 4 is 23.5 Å². The number of amides is 1. The first kappa shape index (κ1) is 20.3. The number of carbonyl (C=O) groups is 1. The molecule has 1 aliphatic heterocycles. The zero-order valence-corrected chi connectivity index (χ0v) is 16.0. The van der Waals surface area contributed by atoms with Gasteiger partial charge in [0, 0.05) is 30.3 Å². The molecule has 0 radical (unpaired) electrons. The third kappa shape index (κ3) is 5.29. The van der Waals surface area contributed by atoms with Crippen molar-refractivity contribution in [3.05, 3.63) is 63.7 Å². The minimum Gasteiger partial charge on any atom is -0.494 e. The summed E-state index contributed by atoms with van der Waals surface area (Å²) < 4.78 is 10.6. The quantitative estimate of drug-likeness (QED) is 0.436. The van der Waals surface area contributed by atoms with Crippen molar-refractivity contribution in [3.63, 3.8) is 0 Å². The van der Waals surface area contributed by atoms with E-state index >= 15 is 0 Å². The van der Waals surface area contributed by atoms with Crippen LogP contribution in [0.2, 0.25) is 0 Å². The Morgan fingerprint density at radius 3 is 2.66 bits per heavy atom. The number of nitro benzene ring substituents is 1. The van der Waals surface area contributed by atoms with Crippen LogP contribution >= 0.6 is 0 Å². The molecule has 0 unspecified atom stereocenters. The van der Waals surface area contributed by atoms with Gasteiger partial charge in [-0.05, 0) is 37.3 Å². The number of rotatable bonds is 7. The Labute approximate surface area is 168 Å². The lowest BCUT2D eigenvalue weighted by Crippen LogP contribution is -2.36. The van der Waals surface area contributed by atoms with Gasteiger partial charge in [0.25, 0.3) is 11.6 Å². The Balaban J connectivity index is 1.67. The number of benzene rings is 2. The Kier molecular flexibility index (Phi) is 6.75. The summed E-state index contributed by atoms with van der Waals surface area (Å²) in [5.74, 6) is 0.295. The van der Waals surface area contributed by atoms with Crippen LogP contribution in [-0.2, 0) is 4.74 Å². The fourth-order valence-corrected chi connectivity index (χ4v) is 2.94. The molecule has 1 saturated heterocycles. The van der Waals surface area contributed by atoms with Crippen LogP contribution in [0, 0.1) is 10.1 Å². The lowest BCUT2D eigenvalue weighted by Gasteiger charge is -2.28. The van der Waals surface area contributed by atoms with Crippen molar-refractivity contribution in [1.82, 2.24) is 5.43 Å². The largest absolute Gasteiger partial charge is 0.494 e. The van der Waals surface area contributed by atoms with E-state index in [2.05, 4.69) is 10.5 Å². The van der Waals surface area contributed by atoms with Gasteiger partial charge in [-0.15, -0.1) is 0 Å². The highest BCUT2D eigenvalue weighted by molar-refractivity contribution is 5.95. The van der Waals surface area contributed by atoms with Crippen molar-refractivity contribution < 1.29 is 19.2 Å². The average Bonchev–Trinajstić information content (AvgIpc) is 2.75. The maximum absolute atomic E-state index is 12.1. The fraction of sp³-hybridized carbons (Fsp3) is 0.300. The summed E-state index contributed by atoms with van der Waals surface area (Å²) in [5.41, 5.74) is 3.91. The van der Waals surface area contributed by atoms with E-state index in [0.717, 1.165) is 0 Å². The predicted octanol–water partition coefficient (Wildman–Crippen LogP) is 2.59. The standard InChI is InChI=1S/C20H22N4O5/c1-2-29-17-6-4-16(5-7-17)20(25)22-21-14-15-3-8-18(19(13-15)24(26)27)23-9-11-28-12-10-23/h3-8,13-14H,2,9-12H2,1H3,(H,22,25)/b21-14+. The van der Waals surface area contributed by atoms with Gasteiger partial charge in [-0.25, -0.2) is 5.43 Å². The van der Waals surface area contributed by atoms with Crippen LogP contribution in [0.25, 0.3) is 0 Å². The van der Waals surface area contributed by atoms with E-state index in [0.29, 0.717) is 55.5 Å². The van der Waals surface area contributed by atoms with Crippen LogP contribution in [0.1, 0.15) is 22.8 Å². The van der Waals surface area contributed by atoms with Crippen molar-refractivity contribution in [2.45, 2.75) is 6.92 Å². The van der Waals surface area contributed by atoms with Crippen LogP contribution < -0.4 is 15.1 Å². The second kappa shape index (κ2) is 9.65. The maximum atomic E-state index is 12.1. The van der Waals surface area contributed by atoms with Crippen LogP contribution in [0.15, 0.2) is 47.6 Å². The number of nitrogens with one attached hydrogen (secondary N) is 1. The van der Waals surface area contributed by atoms with E-state index in [-0.39, 0.29) is 11.6 Å². The molecule has 1 aliphatic rings. The summed E-state index contributed by atoms with van der Waals surface area (Å²) in [7, 11) is 0. The molecule has 1 heterocycles. The lowest BCUT2D eigenvalue weighted by atomic mass is 10.1. The number of ether oxygens (including phenoxy) is 2. The molecule has 152 valence electrons. The maximum Gasteiger partial charge on any atom is 0.293 e. The van der Waals surface area contributed by atoms with Gasteiger partial charge < -0.3 is 14.4 Å². The van der Waals surface area contributed by atoms with E-state index in [1.165, 1.54) is 12.3 Å². The van der Waals surface area contributed by atoms with E-state index in [1.54, 1.807) is 36.4 Å². The number of anilines is 1. The summed E-state index contributed by atoms with van der Waals surface area (Å²) in [4.78, 5) is 25.1. The minimum absolute atomic E-state index is 0.00584. The SMILES string of the molecule is CCOc1ccc(C(=O)N/N=C/c2ccc(N3CCOCC3)c([N+](=O)[O-])c2)cc1. The van der Waals surface area contributed by atoms with Crippen molar-refractivity contribution in [3.8, 4) is 5.75 Å². The van der Waals surface area contributed by atoms with Gasteiger partial charge in [0.2, 0.25) is 0 Å². The van der Waals surface area contributed by atoms with Gasteiger partial charge >= 0.3 is 0 Å². The van der Waals surface area contributed by atoms with E-state index in [1.807, 2.05) is 11.8 Å². The topological polar surface area (TPSA) is 106 Å². The lowest BCUT2D eigenvalue weighted by molar-refractivity contribution is -0.384. The van der Waals surface area contributed by atoms with Crippen molar-refractivity contribution in [2.24, 2.45) is 5.10 Å². The molecule has 2 aromatic carbocycles. The summed E-state index contributed by atoms with van der Waals surface area (Å²) >= 11 is 0. The molecule has 0 saturated carbocycles. The van der Waals surface area contributed by atoms with E-state index in [4.69, 9.17) is 9.47 Å². The molecule has 0 atom stereocenters. The number of nitro groups is 1. The fourth-order valence-electron chi connectivity index (χ4n) is 2.94. The normalized spacial score (nSPS) is 14.0. The summed E-state index contributed by atoms with van der Waals surface area (Å²) in [6.07, 6.45) is 1.38. The molecule has 0 aliphatic carbocycles. The van der Waals surface area contributed by atoms with Crippen LogP contribution in [-0.4, -0.2) is 50.0 Å². The molecule has 1 fully saturated rings. The zero-order valence-electron chi connectivity index (χ0n) is 16.0. The second-order valence-corrected chi connectivity index (χ2v) is 6.26. The van der Waals surface area contributed by atoms with Gasteiger partial charge in [0.05, 0.1) is 31.0 Å². The monoisotopic (exact) mass is 398 g/mol. The Morgan fingerprint density at radius 2 is 2.00 bits per heavy atom. The van der Waals surface area contributed by atoms with Crippen LogP contribution in [0.3, 0.4) is 0 Å². The summed E-state index contributed by atoms with van der Waals surface area (Å²) in [5, 5.41) is 15.4. The number of morpholine rings is 1. The minimum atomic E-state index is -0.416. The second-order valence-electron chi connectivity index (χ2n) is 6.26. The van der Waals surface area contributed by atoms with Crippen LogP contribution in [0.4, 0.5) is 11.4 Å². The number of carbonyl (C=O) groups excluding carboxylic acids is 1. The highest BCUT2D eigenvalue weighted by Gasteiger charge is 2.21. The van der Waals surface area contributed by atoms with Gasteiger partial charge in [-0.3, -0.25) is 14.9 Å². The molecule has 29 heavy (non-hydrogen) atoms. The third-order valence-corrected chi connectivity index (χ3v) is 4.36. The molecule has 9 heteroatoms. The van der Waals surface area contributed by atoms with Crippen molar-refractivity contribution in [1.29, 1.82) is 0 Å². The molecule has 3 rings (SSSR count). The Bertz CT molecular complexity index is 892. The molecule has 1 amide bonds. The van der Waals surface area contributed by atoms with Gasteiger partial charge in [0.1, 0.15) is 11.4 Å². The third-order valence-electron chi connectivity index (χ3n) is 4.36. The molecule has 0 spiro atoms. The molecular weight excluding hydrogens is 376 g/mol. The molecule has 2 aromatic rings. The summed E-state index contributed by atoms with van der Waals surface area (Å²) in [6.45, 7) is 4.72. The van der Waals surface area contributed by atoms with E-state index < -0.39 is 4.92 Å². The first-order valence-corrected chi connectivity index (χ1v) is 9.26. The highest BCUT2D eigenvalue weighted by atomic mass is 16.6. The molecule has 0 bridgehead atoms. The molecule has 9 nitrogen and oxygen atoms in total. The number of nitrogens with zero attached hydrogens (tertiary/aromatic N) is 3. The highest BCUT2D eigenvalue weighted by Crippen LogP contribution is 2.29. The van der Waals surface area contributed by atoms with Gasteiger partial charge in [-0.1, -0.05) is 6.07 Å².